The zero-order chi connectivity index (χ0) is 34.5. The van der Waals surface area contributed by atoms with Crippen molar-refractivity contribution in [3.63, 3.8) is 0 Å². The van der Waals surface area contributed by atoms with Gasteiger partial charge in [0.05, 0.1) is 50.7 Å². The molecule has 6 rings (SSSR count). The monoisotopic (exact) mass is 686 g/mol. The number of esters is 3. The lowest BCUT2D eigenvalue weighted by Crippen LogP contribution is -2.41. The molecule has 0 unspecified atom stereocenters. The molecule has 0 saturated carbocycles. The summed E-state index contributed by atoms with van der Waals surface area (Å²) >= 11 is 5.35. The SMILES string of the molecule is COc1ccc(C(=O)OC[C@@H]2O[C@@H](n3cnc4c(=S)nc[nH]c43)[C@@H](OC(=O)c3ccc(OC)cc3)[C@H]2OC(=O)c2ccc(OC)cc2)cc1. The van der Waals surface area contributed by atoms with E-state index in [2.05, 4.69) is 15.0 Å². The lowest BCUT2D eigenvalue weighted by Gasteiger charge is -2.25. The number of imidazole rings is 1. The van der Waals surface area contributed by atoms with Crippen molar-refractivity contribution in [2.75, 3.05) is 27.9 Å². The molecule has 3 heterocycles. The van der Waals surface area contributed by atoms with Gasteiger partial charge in [0.2, 0.25) is 0 Å². The van der Waals surface area contributed by atoms with Crippen molar-refractivity contribution in [2.45, 2.75) is 24.5 Å². The van der Waals surface area contributed by atoms with Gasteiger partial charge in [-0.3, -0.25) is 4.57 Å². The average molecular weight is 687 g/mol. The summed E-state index contributed by atoms with van der Waals surface area (Å²) in [5, 5.41) is 0. The number of hydrogen-bond donors (Lipinski definition) is 1. The van der Waals surface area contributed by atoms with E-state index in [1.165, 1.54) is 58.2 Å². The first-order valence-electron chi connectivity index (χ1n) is 14.9. The Kier molecular flexibility index (Phi) is 9.82. The van der Waals surface area contributed by atoms with E-state index in [9.17, 15) is 14.4 Å². The van der Waals surface area contributed by atoms with E-state index in [0.29, 0.717) is 28.4 Å². The van der Waals surface area contributed by atoms with Gasteiger partial charge in [-0.1, -0.05) is 12.2 Å². The zero-order valence-electron chi connectivity index (χ0n) is 26.4. The molecule has 1 fully saturated rings. The van der Waals surface area contributed by atoms with Crippen molar-refractivity contribution >= 4 is 41.3 Å². The van der Waals surface area contributed by atoms with Crippen LogP contribution in [0.15, 0.2) is 85.5 Å². The maximum absolute atomic E-state index is 13.6. The number of aromatic amines is 1. The van der Waals surface area contributed by atoms with E-state index < -0.39 is 42.4 Å². The minimum Gasteiger partial charge on any atom is -0.497 e. The molecule has 0 aliphatic carbocycles. The summed E-state index contributed by atoms with van der Waals surface area (Å²) in [7, 11) is 4.53. The molecule has 0 spiro atoms. The van der Waals surface area contributed by atoms with Crippen LogP contribution in [0.1, 0.15) is 37.3 Å². The molecule has 4 atom stereocenters. The van der Waals surface area contributed by atoms with Gasteiger partial charge in [-0.25, -0.2) is 24.4 Å². The summed E-state index contributed by atoms with van der Waals surface area (Å²) in [6.07, 6.45) is -1.94. The Morgan fingerprint density at radius 1 is 0.735 bits per heavy atom. The second-order valence-electron chi connectivity index (χ2n) is 10.6. The minimum atomic E-state index is -1.27. The molecular formula is C34H30N4O10S. The van der Waals surface area contributed by atoms with E-state index in [-0.39, 0.29) is 27.9 Å². The first kappa shape index (κ1) is 33.1. The van der Waals surface area contributed by atoms with Crippen LogP contribution in [-0.4, -0.2) is 83.7 Å². The maximum atomic E-state index is 13.6. The lowest BCUT2D eigenvalue weighted by atomic mass is 10.1. The predicted octanol–water partition coefficient (Wildman–Crippen LogP) is 4.72. The van der Waals surface area contributed by atoms with Crippen LogP contribution in [-0.2, 0) is 18.9 Å². The van der Waals surface area contributed by atoms with Crippen molar-refractivity contribution in [2.24, 2.45) is 0 Å². The highest BCUT2D eigenvalue weighted by atomic mass is 32.1. The second-order valence-corrected chi connectivity index (χ2v) is 11.0. The Hall–Kier alpha value is -5.80. The minimum absolute atomic E-state index is 0.196. The number of methoxy groups -OCH3 is 3. The fourth-order valence-electron chi connectivity index (χ4n) is 5.21. The van der Waals surface area contributed by atoms with E-state index in [1.54, 1.807) is 53.1 Å². The fraction of sp³-hybridized carbons (Fsp3) is 0.235. The quantitative estimate of drug-likeness (QED) is 0.116. The molecule has 49 heavy (non-hydrogen) atoms. The number of hydrogen-bond acceptors (Lipinski definition) is 13. The first-order valence-corrected chi connectivity index (χ1v) is 15.3. The first-order chi connectivity index (χ1) is 23.8. The highest BCUT2D eigenvalue weighted by Crippen LogP contribution is 2.37. The lowest BCUT2D eigenvalue weighted by molar-refractivity contribution is -0.0606. The summed E-state index contributed by atoms with van der Waals surface area (Å²) in [4.78, 5) is 51.6. The van der Waals surface area contributed by atoms with E-state index >= 15 is 0 Å². The number of benzene rings is 3. The summed E-state index contributed by atoms with van der Waals surface area (Å²) in [6, 6.07) is 18.9. The highest BCUT2D eigenvalue weighted by molar-refractivity contribution is 7.71. The van der Waals surface area contributed by atoms with Gasteiger partial charge in [-0.05, 0) is 72.8 Å². The van der Waals surface area contributed by atoms with Gasteiger partial charge < -0.3 is 38.1 Å². The molecule has 2 aromatic heterocycles. The topological polar surface area (TPSA) is 162 Å². The van der Waals surface area contributed by atoms with Crippen LogP contribution >= 0.6 is 12.2 Å². The summed E-state index contributed by atoms with van der Waals surface area (Å²) in [6.45, 7) is -0.372. The molecule has 1 N–H and O–H groups in total. The van der Waals surface area contributed by atoms with Gasteiger partial charge in [0, 0.05) is 0 Å². The Morgan fingerprint density at radius 2 is 1.22 bits per heavy atom. The third kappa shape index (κ3) is 7.07. The molecule has 1 saturated heterocycles. The number of nitrogens with zero attached hydrogens (tertiary/aromatic N) is 3. The van der Waals surface area contributed by atoms with Crippen LogP contribution in [0.4, 0.5) is 0 Å². The van der Waals surface area contributed by atoms with Gasteiger partial charge in [0.1, 0.15) is 41.1 Å². The molecule has 14 nitrogen and oxygen atoms in total. The van der Waals surface area contributed by atoms with Gasteiger partial charge >= 0.3 is 17.9 Å². The number of rotatable bonds is 11. The maximum Gasteiger partial charge on any atom is 0.338 e. The number of H-pyrrole nitrogens is 1. The van der Waals surface area contributed by atoms with Crippen LogP contribution in [0, 0.1) is 4.64 Å². The van der Waals surface area contributed by atoms with Crippen LogP contribution in [0.25, 0.3) is 11.2 Å². The molecule has 0 bridgehead atoms. The van der Waals surface area contributed by atoms with Crippen LogP contribution in [0.2, 0.25) is 0 Å². The van der Waals surface area contributed by atoms with E-state index in [4.69, 9.17) is 45.4 Å². The van der Waals surface area contributed by atoms with Crippen LogP contribution in [0.3, 0.4) is 0 Å². The second kappa shape index (κ2) is 14.5. The predicted molar refractivity (Wildman–Crippen MR) is 174 cm³/mol. The smallest absolute Gasteiger partial charge is 0.338 e. The molecule has 1 aliphatic heterocycles. The Bertz CT molecular complexity index is 2010. The van der Waals surface area contributed by atoms with E-state index in [0.717, 1.165) is 0 Å². The van der Waals surface area contributed by atoms with Crippen molar-refractivity contribution < 1.29 is 47.5 Å². The van der Waals surface area contributed by atoms with Gasteiger partial charge in [0.25, 0.3) is 0 Å². The van der Waals surface area contributed by atoms with E-state index in [1.807, 2.05) is 0 Å². The fourth-order valence-corrected chi connectivity index (χ4v) is 5.41. The standard InChI is InChI=1S/C34H30N4O10S/c1-42-22-10-4-19(5-11-22)32(39)45-16-25-27(47-33(40)20-6-12-23(43-2)13-7-20)28(48-34(41)21-8-14-24(44-3)15-9-21)31(46-25)38-18-37-26-29(38)35-17-36-30(26)49/h4-15,17-18,25,27-28,31H,16H2,1-3H3,(H,35,36,49)/t25-,27-,28-,31+/m0/s1. The number of carbonyl (C=O) groups is 3. The Labute approximate surface area is 284 Å². The third-order valence-corrected chi connectivity index (χ3v) is 8.08. The number of nitrogens with one attached hydrogen (secondary N) is 1. The van der Waals surface area contributed by atoms with Crippen molar-refractivity contribution in [3.05, 3.63) is 107 Å². The summed E-state index contributed by atoms with van der Waals surface area (Å²) in [5.74, 6) is -0.501. The van der Waals surface area contributed by atoms with Crippen molar-refractivity contribution in [1.29, 1.82) is 0 Å². The average Bonchev–Trinajstić information content (AvgIpc) is 3.72. The van der Waals surface area contributed by atoms with Crippen LogP contribution < -0.4 is 14.2 Å². The zero-order valence-corrected chi connectivity index (χ0v) is 27.2. The molecule has 5 aromatic rings. The normalized spacial score (nSPS) is 18.4. The molecule has 3 aromatic carbocycles. The Morgan fingerprint density at radius 3 is 1.73 bits per heavy atom. The number of fused-ring (bicyclic) bond motifs is 1. The highest BCUT2D eigenvalue weighted by Gasteiger charge is 2.51. The van der Waals surface area contributed by atoms with Gasteiger partial charge in [-0.2, -0.15) is 0 Å². The Balaban J connectivity index is 1.36. The number of carbonyl (C=O) groups excluding carboxylic acids is 3. The van der Waals surface area contributed by atoms with Crippen molar-refractivity contribution in [1.82, 2.24) is 19.5 Å². The van der Waals surface area contributed by atoms with Gasteiger partial charge in [-0.15, -0.1) is 0 Å². The van der Waals surface area contributed by atoms with Crippen LogP contribution in [0.5, 0.6) is 17.2 Å². The molecule has 252 valence electrons. The van der Waals surface area contributed by atoms with Crippen molar-refractivity contribution in [3.8, 4) is 17.2 Å². The molecule has 1 aliphatic rings. The molecular weight excluding hydrogens is 656 g/mol. The largest absolute Gasteiger partial charge is 0.497 e. The molecule has 15 heteroatoms. The van der Waals surface area contributed by atoms with Gasteiger partial charge in [0.15, 0.2) is 23.1 Å². The summed E-state index contributed by atoms with van der Waals surface area (Å²) in [5.41, 5.74) is 1.43. The summed E-state index contributed by atoms with van der Waals surface area (Å²) < 4.78 is 41.5. The number of ether oxygens (including phenoxy) is 7. The molecule has 0 radical (unpaired) electrons. The third-order valence-electron chi connectivity index (χ3n) is 7.78. The number of aromatic nitrogens is 4. The molecule has 0 amide bonds.